The summed E-state index contributed by atoms with van der Waals surface area (Å²) in [5.41, 5.74) is 6.82. The lowest BCUT2D eigenvalue weighted by molar-refractivity contribution is 0.384. The molecular weight excluding hydrogens is 474 g/mol. The highest BCUT2D eigenvalue weighted by atomic mass is 32.2. The van der Waals surface area contributed by atoms with E-state index >= 15 is 4.39 Å². The lowest BCUT2D eigenvalue weighted by Crippen LogP contribution is -2.61. The maximum absolute atomic E-state index is 15.1. The van der Waals surface area contributed by atoms with Crippen molar-refractivity contribution in [3.05, 3.63) is 65.4 Å². The Morgan fingerprint density at radius 2 is 1.97 bits per heavy atom. The average molecular weight is 501 g/mol. The molecule has 1 aromatic carbocycles. The molecule has 1 saturated carbocycles. The van der Waals surface area contributed by atoms with Gasteiger partial charge in [-0.1, -0.05) is 12.1 Å². The number of hydrogen-bond donors (Lipinski definition) is 1. The van der Waals surface area contributed by atoms with Crippen molar-refractivity contribution in [2.24, 2.45) is 16.6 Å². The Balaban J connectivity index is 1.55. The van der Waals surface area contributed by atoms with Gasteiger partial charge in [-0.3, -0.25) is 15.0 Å². The lowest BCUT2D eigenvalue weighted by Gasteiger charge is -2.40. The van der Waals surface area contributed by atoms with E-state index < -0.39 is 38.4 Å². The number of aromatic nitrogens is 2. The third-order valence-corrected chi connectivity index (χ3v) is 9.83. The summed E-state index contributed by atoms with van der Waals surface area (Å²) < 4.78 is 59.4. The zero-order chi connectivity index (χ0) is 25.0. The fraction of sp³-hybridized carbons (Fsp3) is 0.400. The number of methoxy groups -OCH3 is 1. The Hall–Kier alpha value is -3.14. The van der Waals surface area contributed by atoms with E-state index in [9.17, 15) is 12.8 Å². The molecule has 1 aliphatic carbocycles. The highest BCUT2D eigenvalue weighted by Crippen LogP contribution is 2.49. The summed E-state index contributed by atoms with van der Waals surface area (Å²) in [6.07, 6.45) is 4.77. The van der Waals surface area contributed by atoms with Gasteiger partial charge in [-0.2, -0.15) is 0 Å². The van der Waals surface area contributed by atoms with Gasteiger partial charge in [-0.15, -0.1) is 0 Å². The van der Waals surface area contributed by atoms with E-state index in [0.29, 0.717) is 41.8 Å². The number of pyridine rings is 2. The number of nitrogens with two attached hydrogens (primary N) is 1. The van der Waals surface area contributed by atoms with Crippen LogP contribution in [0.4, 0.5) is 8.78 Å². The first kappa shape index (κ1) is 23.6. The van der Waals surface area contributed by atoms with Crippen molar-refractivity contribution in [3.63, 3.8) is 0 Å². The van der Waals surface area contributed by atoms with Crippen LogP contribution in [0, 0.1) is 11.7 Å². The van der Waals surface area contributed by atoms with Crippen LogP contribution in [0.5, 0.6) is 5.75 Å². The second-order valence-electron chi connectivity index (χ2n) is 9.52. The Kier molecular flexibility index (Phi) is 5.54. The van der Waals surface area contributed by atoms with Gasteiger partial charge in [0.05, 0.1) is 30.3 Å². The number of sulfone groups is 1. The van der Waals surface area contributed by atoms with Gasteiger partial charge in [0.15, 0.2) is 14.6 Å². The quantitative estimate of drug-likeness (QED) is 0.555. The van der Waals surface area contributed by atoms with Crippen molar-refractivity contribution in [2.75, 3.05) is 19.5 Å². The van der Waals surface area contributed by atoms with Crippen LogP contribution in [-0.2, 0) is 21.8 Å². The maximum atomic E-state index is 15.1. The normalized spacial score (nSPS) is 25.9. The number of nitrogens with zero attached hydrogens (tertiary/aromatic N) is 3. The number of ether oxygens (including phenoxy) is 1. The molecule has 0 amide bonds. The first-order valence-corrected chi connectivity index (χ1v) is 13.0. The number of aliphatic imine (C=N–C) groups is 1. The van der Waals surface area contributed by atoms with Gasteiger partial charge in [-0.05, 0) is 49.4 Å². The molecule has 3 heterocycles. The Bertz CT molecular complexity index is 1460. The molecule has 2 N–H and O–H groups in total. The van der Waals surface area contributed by atoms with Gasteiger partial charge in [0.25, 0.3) is 0 Å². The van der Waals surface area contributed by atoms with Gasteiger partial charge < -0.3 is 10.5 Å². The molecule has 10 heteroatoms. The Morgan fingerprint density at radius 1 is 1.20 bits per heavy atom. The molecular formula is C25H26F2N4O3S. The monoisotopic (exact) mass is 500 g/mol. The lowest BCUT2D eigenvalue weighted by atomic mass is 9.90. The summed E-state index contributed by atoms with van der Waals surface area (Å²) in [6.45, 7) is 0.400. The van der Waals surface area contributed by atoms with Crippen LogP contribution in [0.25, 0.3) is 10.9 Å². The summed E-state index contributed by atoms with van der Waals surface area (Å²) in [5, 5.41) is 0.849. The molecule has 1 aliphatic heterocycles. The van der Waals surface area contributed by atoms with Crippen molar-refractivity contribution in [1.82, 2.24) is 9.97 Å². The van der Waals surface area contributed by atoms with Crippen LogP contribution >= 0.6 is 0 Å². The molecule has 0 radical (unpaired) electrons. The van der Waals surface area contributed by atoms with E-state index in [-0.39, 0.29) is 17.3 Å². The average Bonchev–Trinajstić information content (AvgIpc) is 3.65. The molecule has 35 heavy (non-hydrogen) atoms. The Labute approximate surface area is 202 Å². The first-order chi connectivity index (χ1) is 16.6. The molecule has 2 aliphatic rings. The number of rotatable bonds is 6. The zero-order valence-electron chi connectivity index (χ0n) is 19.5. The molecule has 0 unspecified atom stereocenters. The zero-order valence-corrected chi connectivity index (χ0v) is 20.3. The number of fused-ring (bicyclic) bond motifs is 1. The highest BCUT2D eigenvalue weighted by molar-refractivity contribution is 7.93. The molecule has 5 rings (SSSR count). The molecule has 3 aromatic rings. The number of hydrogen-bond acceptors (Lipinski definition) is 7. The minimum atomic E-state index is -4.03. The number of alkyl halides is 1. The van der Waals surface area contributed by atoms with Crippen LogP contribution in [-0.4, -0.2) is 48.5 Å². The fourth-order valence-electron chi connectivity index (χ4n) is 5.09. The fourth-order valence-corrected chi connectivity index (χ4v) is 7.58. The predicted octanol–water partition coefficient (Wildman–Crippen LogP) is 3.49. The second-order valence-corrected chi connectivity index (χ2v) is 11.8. The van der Waals surface area contributed by atoms with E-state index in [1.807, 2.05) is 12.1 Å². The molecule has 2 atom stereocenters. The van der Waals surface area contributed by atoms with Gasteiger partial charge in [-0.25, -0.2) is 17.2 Å². The van der Waals surface area contributed by atoms with Crippen LogP contribution in [0.15, 0.2) is 47.7 Å². The van der Waals surface area contributed by atoms with Crippen molar-refractivity contribution in [3.8, 4) is 5.75 Å². The molecule has 1 fully saturated rings. The smallest absolute Gasteiger partial charge is 0.168 e. The van der Waals surface area contributed by atoms with Crippen LogP contribution in [0.1, 0.15) is 36.6 Å². The van der Waals surface area contributed by atoms with Gasteiger partial charge in [0, 0.05) is 23.6 Å². The van der Waals surface area contributed by atoms with E-state index in [0.717, 1.165) is 5.39 Å². The van der Waals surface area contributed by atoms with Crippen LogP contribution < -0.4 is 10.5 Å². The van der Waals surface area contributed by atoms with Crippen LogP contribution in [0.3, 0.4) is 0 Å². The van der Waals surface area contributed by atoms with Gasteiger partial charge in [0.2, 0.25) is 0 Å². The molecule has 0 bridgehead atoms. The topological polar surface area (TPSA) is 108 Å². The van der Waals surface area contributed by atoms with Crippen molar-refractivity contribution < 1.29 is 21.9 Å². The third-order valence-electron chi connectivity index (χ3n) is 7.13. The molecule has 2 aromatic heterocycles. The van der Waals surface area contributed by atoms with Gasteiger partial charge in [0.1, 0.15) is 29.6 Å². The van der Waals surface area contributed by atoms with Crippen molar-refractivity contribution in [1.29, 1.82) is 0 Å². The summed E-state index contributed by atoms with van der Waals surface area (Å²) in [4.78, 5) is 13.3. The van der Waals surface area contributed by atoms with Crippen molar-refractivity contribution >= 4 is 26.6 Å². The molecule has 7 nitrogen and oxygen atoms in total. The summed E-state index contributed by atoms with van der Waals surface area (Å²) in [5.74, 6) is -1.15. The van der Waals surface area contributed by atoms with E-state index in [1.54, 1.807) is 31.6 Å². The first-order valence-electron chi connectivity index (χ1n) is 11.3. The van der Waals surface area contributed by atoms with Crippen LogP contribution in [0.2, 0.25) is 0 Å². The standard InChI is InChI=1S/C25H26F2N4O3S/c1-24(14-35(32,33)25(13-26,17-4-5-17)23(28)31-24)19-9-15(3-6-20(19)27)10-21-22-16(7-8-29-21)11-18(34-2)12-30-22/h3,6-9,11-12,17H,4-5,10,13-14H2,1-2H3,(H2,28,31)/t24-,25-/m0/s1. The minimum Gasteiger partial charge on any atom is -0.495 e. The SMILES string of the molecule is COc1cnc2c(Cc3ccc(F)c([C@]4(C)CS(=O)(=O)[C@@](CF)(C5CC5)C(N)=N4)c3)nccc2c1. The van der Waals surface area contributed by atoms with Crippen molar-refractivity contribution in [2.45, 2.75) is 36.5 Å². The second kappa shape index (κ2) is 8.22. The molecule has 184 valence electrons. The summed E-state index contributed by atoms with van der Waals surface area (Å²) in [7, 11) is -2.47. The summed E-state index contributed by atoms with van der Waals surface area (Å²) >= 11 is 0. The minimum absolute atomic E-state index is 0.0969. The summed E-state index contributed by atoms with van der Waals surface area (Å²) in [6, 6.07) is 8.17. The van der Waals surface area contributed by atoms with E-state index in [4.69, 9.17) is 10.5 Å². The predicted molar refractivity (Wildman–Crippen MR) is 129 cm³/mol. The number of benzene rings is 1. The van der Waals surface area contributed by atoms with Gasteiger partial charge >= 0.3 is 0 Å². The van der Waals surface area contributed by atoms with E-state index in [2.05, 4.69) is 15.0 Å². The maximum Gasteiger partial charge on any atom is 0.168 e. The molecule has 0 saturated heterocycles. The number of amidine groups is 1. The third kappa shape index (κ3) is 3.74. The Morgan fingerprint density at radius 3 is 2.63 bits per heavy atom. The highest BCUT2D eigenvalue weighted by Gasteiger charge is 2.62. The molecule has 0 spiro atoms. The van der Waals surface area contributed by atoms with E-state index in [1.165, 1.54) is 13.0 Å². The number of halogens is 2. The largest absolute Gasteiger partial charge is 0.495 e.